The first kappa shape index (κ1) is 24.3. The number of aliphatic hydroxyl groups is 2. The van der Waals surface area contributed by atoms with Crippen LogP contribution in [0.1, 0.15) is 53.9 Å². The summed E-state index contributed by atoms with van der Waals surface area (Å²) in [4.78, 5) is 38.0. The average Bonchev–Trinajstić information content (AvgIpc) is 2.96. The van der Waals surface area contributed by atoms with Crippen LogP contribution in [0.25, 0.3) is 0 Å². The quantitative estimate of drug-likeness (QED) is 0.623. The Kier molecular flexibility index (Phi) is 5.77. The van der Waals surface area contributed by atoms with Crippen LogP contribution in [0.5, 0.6) is 0 Å². The van der Waals surface area contributed by atoms with Crippen LogP contribution < -0.4 is 0 Å². The van der Waals surface area contributed by atoms with Gasteiger partial charge in [0.25, 0.3) is 0 Å². The highest BCUT2D eigenvalue weighted by Gasteiger charge is 2.73. The van der Waals surface area contributed by atoms with E-state index in [0.717, 1.165) is 0 Å². The second-order valence-corrected chi connectivity index (χ2v) is 11.3. The van der Waals surface area contributed by atoms with E-state index in [1.54, 1.807) is 19.9 Å². The largest absolute Gasteiger partial charge is 0.450 e. The molecule has 0 aromatic heterocycles. The zero-order chi connectivity index (χ0) is 24.5. The first-order chi connectivity index (χ1) is 15.3. The first-order valence-electron chi connectivity index (χ1n) is 12.0. The molecule has 0 bridgehead atoms. The predicted molar refractivity (Wildman–Crippen MR) is 119 cm³/mol. The Morgan fingerprint density at radius 3 is 2.55 bits per heavy atom. The maximum atomic E-state index is 15.5. The van der Waals surface area contributed by atoms with Crippen molar-refractivity contribution in [3.8, 4) is 0 Å². The highest BCUT2D eigenvalue weighted by atomic mass is 19.1. The van der Waals surface area contributed by atoms with Crippen LogP contribution in [0, 0.1) is 40.4 Å². The van der Waals surface area contributed by atoms with Crippen molar-refractivity contribution in [2.24, 2.45) is 40.4 Å². The van der Waals surface area contributed by atoms with Gasteiger partial charge in [0.05, 0.1) is 12.0 Å². The number of hydrogen-bond acceptors (Lipinski definition) is 6. The van der Waals surface area contributed by atoms with Crippen LogP contribution in [0.2, 0.25) is 0 Å². The van der Waals surface area contributed by atoms with Crippen LogP contribution in [-0.4, -0.2) is 52.2 Å². The summed E-state index contributed by atoms with van der Waals surface area (Å²) in [6.07, 6.45) is 3.14. The normalized spacial score (nSPS) is 46.3. The summed E-state index contributed by atoms with van der Waals surface area (Å²) >= 11 is 0. The fourth-order valence-electron chi connectivity index (χ4n) is 7.91. The Labute approximate surface area is 194 Å². The smallest absolute Gasteiger partial charge is 0.309 e. The molecule has 0 radical (unpaired) electrons. The van der Waals surface area contributed by atoms with Crippen molar-refractivity contribution in [3.05, 3.63) is 23.8 Å². The molecule has 182 valence electrons. The molecule has 0 aromatic carbocycles. The van der Waals surface area contributed by atoms with E-state index in [1.807, 2.05) is 20.8 Å². The minimum atomic E-state index is -1.58. The van der Waals surface area contributed by atoms with Crippen LogP contribution in [0.3, 0.4) is 0 Å². The molecule has 3 saturated carbocycles. The third kappa shape index (κ3) is 3.14. The first-order valence-corrected chi connectivity index (χ1v) is 12.0. The van der Waals surface area contributed by atoms with E-state index in [4.69, 9.17) is 4.74 Å². The van der Waals surface area contributed by atoms with Crippen LogP contribution in [0.4, 0.5) is 4.39 Å². The van der Waals surface area contributed by atoms with Gasteiger partial charge in [0.2, 0.25) is 5.78 Å². The molecule has 0 aliphatic heterocycles. The van der Waals surface area contributed by atoms with Gasteiger partial charge in [-0.15, -0.1) is 0 Å². The number of Topliss-reactive ketones (excluding diaryl/α,β-unsaturated/α-hetero) is 1. The number of carbonyl (C=O) groups excluding carboxylic acids is 3. The fourth-order valence-corrected chi connectivity index (χ4v) is 7.91. The number of fused-ring (bicyclic) bond motifs is 5. The molecular formula is C26H35FO6. The van der Waals surface area contributed by atoms with Crippen molar-refractivity contribution < 1.29 is 33.7 Å². The van der Waals surface area contributed by atoms with Gasteiger partial charge in [-0.1, -0.05) is 40.7 Å². The molecule has 9 atom stereocenters. The Balaban J connectivity index is 1.82. The van der Waals surface area contributed by atoms with Crippen molar-refractivity contribution >= 4 is 17.5 Å². The molecule has 6 nitrogen and oxygen atoms in total. The standard InChI is InChI=1S/C26H35FO6/c1-13(2)23(32)33-26(21(31)12-28)14(3)8-17-16-10-19(27)18-9-15(29)6-7-24(18,4)22(16)20(30)11-25(17,26)5/h6-7,9,13-14,16-17,19-20,22,28,30H,8,10-12H2,1-5H3/t14-,16+,17+,19+,20?,22-,24+,25+,26+/m1/s1. The number of hydrogen-bond donors (Lipinski definition) is 2. The molecule has 4 aliphatic rings. The van der Waals surface area contributed by atoms with Gasteiger partial charge >= 0.3 is 5.97 Å². The number of esters is 1. The molecule has 0 amide bonds. The minimum Gasteiger partial charge on any atom is -0.450 e. The summed E-state index contributed by atoms with van der Waals surface area (Å²) in [5.41, 5.74) is -2.93. The van der Waals surface area contributed by atoms with Crippen LogP contribution in [-0.2, 0) is 19.1 Å². The van der Waals surface area contributed by atoms with Crippen molar-refractivity contribution in [1.29, 1.82) is 0 Å². The molecule has 0 saturated heterocycles. The fraction of sp³-hybridized carbons (Fsp3) is 0.731. The molecule has 4 rings (SSSR count). The van der Waals surface area contributed by atoms with Gasteiger partial charge in [-0.2, -0.15) is 0 Å². The lowest BCUT2D eigenvalue weighted by Gasteiger charge is -2.60. The van der Waals surface area contributed by atoms with Crippen molar-refractivity contribution in [3.63, 3.8) is 0 Å². The van der Waals surface area contributed by atoms with Gasteiger partial charge in [-0.25, -0.2) is 4.39 Å². The van der Waals surface area contributed by atoms with E-state index >= 15 is 4.39 Å². The average molecular weight is 463 g/mol. The van der Waals surface area contributed by atoms with Crippen molar-refractivity contribution in [2.45, 2.75) is 71.8 Å². The van der Waals surface area contributed by atoms with Crippen LogP contribution in [0.15, 0.2) is 23.8 Å². The Hall–Kier alpha value is -1.86. The monoisotopic (exact) mass is 462 g/mol. The number of alkyl halides is 1. The number of ether oxygens (including phenoxy) is 1. The summed E-state index contributed by atoms with van der Waals surface area (Å²) < 4.78 is 21.5. The molecule has 0 spiro atoms. The molecule has 2 N–H and O–H groups in total. The van der Waals surface area contributed by atoms with Gasteiger partial charge in [-0.05, 0) is 48.8 Å². The van der Waals surface area contributed by atoms with Gasteiger partial charge in [-0.3, -0.25) is 14.4 Å². The lowest BCUT2D eigenvalue weighted by molar-refractivity contribution is -0.208. The van der Waals surface area contributed by atoms with E-state index in [-0.39, 0.29) is 36.4 Å². The molecule has 1 unspecified atom stereocenters. The minimum absolute atomic E-state index is 0.138. The lowest BCUT2D eigenvalue weighted by atomic mass is 9.46. The molecule has 4 aliphatic carbocycles. The molecular weight excluding hydrogens is 427 g/mol. The van der Waals surface area contributed by atoms with Gasteiger partial charge < -0.3 is 14.9 Å². The number of ketones is 2. The van der Waals surface area contributed by atoms with E-state index in [9.17, 15) is 24.6 Å². The molecule has 0 aromatic rings. The maximum Gasteiger partial charge on any atom is 0.309 e. The summed E-state index contributed by atoms with van der Waals surface area (Å²) in [7, 11) is 0. The van der Waals surface area contributed by atoms with Gasteiger partial charge in [0.1, 0.15) is 12.8 Å². The van der Waals surface area contributed by atoms with Crippen molar-refractivity contribution in [1.82, 2.24) is 0 Å². The van der Waals surface area contributed by atoms with Crippen molar-refractivity contribution in [2.75, 3.05) is 6.61 Å². The predicted octanol–water partition coefficient (Wildman–Crippen LogP) is 2.96. The Bertz CT molecular complexity index is 939. The number of allylic oxidation sites excluding steroid dienone is 4. The van der Waals surface area contributed by atoms with E-state index in [2.05, 4.69) is 0 Å². The molecule has 33 heavy (non-hydrogen) atoms. The summed E-state index contributed by atoms with van der Waals surface area (Å²) in [6, 6.07) is 0. The number of carbonyl (C=O) groups is 3. The molecule has 0 heterocycles. The summed E-state index contributed by atoms with van der Waals surface area (Å²) in [6.45, 7) is 8.16. The lowest BCUT2D eigenvalue weighted by Crippen LogP contribution is -2.65. The van der Waals surface area contributed by atoms with Gasteiger partial charge in [0.15, 0.2) is 11.4 Å². The van der Waals surface area contributed by atoms with Gasteiger partial charge in [0, 0.05) is 22.7 Å². The second kappa shape index (κ2) is 7.84. The highest BCUT2D eigenvalue weighted by Crippen LogP contribution is 2.69. The molecule has 3 fully saturated rings. The van der Waals surface area contributed by atoms with E-state index in [1.165, 1.54) is 12.2 Å². The van der Waals surface area contributed by atoms with E-state index in [0.29, 0.717) is 12.0 Å². The SMILES string of the molecule is CC(C)C(=O)O[C@]1(C(=O)CO)[C@H](C)C[C@H]2[C@@H]3C[C@H](F)C4=CC(=O)C=C[C@]4(C)[C@H]3C(O)C[C@@]21C. The maximum absolute atomic E-state index is 15.5. The van der Waals surface area contributed by atoms with E-state index < -0.39 is 58.9 Å². The number of rotatable bonds is 4. The number of halogens is 1. The zero-order valence-corrected chi connectivity index (χ0v) is 20.0. The third-order valence-corrected chi connectivity index (χ3v) is 9.31. The zero-order valence-electron chi connectivity index (χ0n) is 20.0. The number of aliphatic hydroxyl groups excluding tert-OH is 2. The summed E-state index contributed by atoms with van der Waals surface area (Å²) in [5.74, 6) is -3.01. The topological polar surface area (TPSA) is 101 Å². The second-order valence-electron chi connectivity index (χ2n) is 11.3. The Morgan fingerprint density at radius 2 is 1.94 bits per heavy atom. The Morgan fingerprint density at radius 1 is 1.27 bits per heavy atom. The highest BCUT2D eigenvalue weighted by molar-refractivity contribution is 6.01. The third-order valence-electron chi connectivity index (χ3n) is 9.31. The van der Waals surface area contributed by atoms with Crippen LogP contribution >= 0.6 is 0 Å². The molecule has 7 heteroatoms. The summed E-state index contributed by atoms with van der Waals surface area (Å²) in [5, 5.41) is 21.4.